The quantitative estimate of drug-likeness (QED) is 0.190. The number of amides is 3. The fourth-order valence-corrected chi connectivity index (χ4v) is 13.2. The van der Waals surface area contributed by atoms with Crippen LogP contribution in [0.4, 0.5) is 0 Å². The summed E-state index contributed by atoms with van der Waals surface area (Å²) in [6.45, 7) is 8.83. The molecule has 0 aromatic carbocycles. The number of carbonyl (C=O) groups excluding carboxylic acids is 3. The molecular weight excluding hydrogens is 751 g/mol. The van der Waals surface area contributed by atoms with Crippen LogP contribution in [0, 0.1) is 58.7 Å². The molecule has 7 fully saturated rings. The summed E-state index contributed by atoms with van der Waals surface area (Å²) in [6.07, 6.45) is 10.7. The summed E-state index contributed by atoms with van der Waals surface area (Å²) in [4.78, 5) is 52.5. The molecule has 338 valence electrons. The number of aliphatic hydroxyl groups is 2. The number of methoxy groups -OCH3 is 2. The number of aliphatic hydroxyl groups excluding tert-OH is 2. The standard InChI is InChI=1S/C46H81N5O8/c1-26-36-22-32(46(36,3)4)23-37(26)47-44(55)41-40(27(2)53)39(25-52)59-51(41)24-29-12-11-13-35(42(29)58-10)30-19-31(21-33(20-30)49(5)6)43(54)48-38(45(56)50(7)8)18-28-14-16-34(57-9)17-15-28/h26-42,52-53H,11-25H2,1-10H3,(H,47,55)(H,48,54)/t26-,27-,28?,29?,30?,31?,32+,33?,34?,35?,36-,37-,38-,39-,40+,41-,42?/m0/s1. The van der Waals surface area contributed by atoms with Gasteiger partial charge in [-0.25, -0.2) is 0 Å². The summed E-state index contributed by atoms with van der Waals surface area (Å²) in [5, 5.41) is 30.0. The van der Waals surface area contributed by atoms with Crippen molar-refractivity contribution in [3.63, 3.8) is 0 Å². The van der Waals surface area contributed by atoms with E-state index < -0.39 is 30.2 Å². The Bertz CT molecular complexity index is 1420. The van der Waals surface area contributed by atoms with Crippen molar-refractivity contribution in [3.05, 3.63) is 0 Å². The van der Waals surface area contributed by atoms with Crippen molar-refractivity contribution in [1.82, 2.24) is 25.5 Å². The van der Waals surface area contributed by atoms with Gasteiger partial charge >= 0.3 is 0 Å². The number of hydrogen-bond donors (Lipinski definition) is 4. The van der Waals surface area contributed by atoms with Gasteiger partial charge in [-0.2, -0.15) is 5.06 Å². The molecule has 0 aromatic rings. The predicted octanol–water partition coefficient (Wildman–Crippen LogP) is 4.09. The van der Waals surface area contributed by atoms with Crippen LogP contribution in [0.5, 0.6) is 0 Å². The molecule has 7 rings (SSSR count). The fourth-order valence-electron chi connectivity index (χ4n) is 13.2. The zero-order chi connectivity index (χ0) is 42.9. The van der Waals surface area contributed by atoms with Crippen LogP contribution in [0.2, 0.25) is 0 Å². The van der Waals surface area contributed by atoms with Crippen LogP contribution >= 0.6 is 0 Å². The van der Waals surface area contributed by atoms with E-state index in [4.69, 9.17) is 14.3 Å². The Hall–Kier alpha value is -1.87. The molecule has 6 unspecified atom stereocenters. The van der Waals surface area contributed by atoms with Crippen molar-refractivity contribution in [3.8, 4) is 0 Å². The Labute approximate surface area is 355 Å². The average molecular weight is 832 g/mol. The first-order chi connectivity index (χ1) is 28.0. The molecule has 13 nitrogen and oxygen atoms in total. The molecule has 15 atom stereocenters. The average Bonchev–Trinajstić information content (AvgIpc) is 3.59. The van der Waals surface area contributed by atoms with Crippen LogP contribution in [0.15, 0.2) is 0 Å². The van der Waals surface area contributed by atoms with E-state index in [1.807, 2.05) is 0 Å². The van der Waals surface area contributed by atoms with Crippen molar-refractivity contribution >= 4 is 17.7 Å². The lowest BCUT2D eigenvalue weighted by atomic mass is 9.45. The highest BCUT2D eigenvalue weighted by Gasteiger charge is 2.58. The number of nitrogens with zero attached hydrogens (tertiary/aromatic N) is 3. The molecule has 4 N–H and O–H groups in total. The summed E-state index contributed by atoms with van der Waals surface area (Å²) < 4.78 is 12.0. The van der Waals surface area contributed by atoms with Gasteiger partial charge in [-0.05, 0) is 139 Å². The molecule has 2 bridgehead atoms. The maximum atomic E-state index is 14.4. The number of rotatable bonds is 15. The molecule has 0 radical (unpaired) electrons. The Balaban J connectivity index is 1.16. The van der Waals surface area contributed by atoms with E-state index in [1.165, 1.54) is 6.42 Å². The SMILES string of the molecule is COC1CCC(C[C@H](NC(=O)C2CC(C3CCCC(CN4O[C@@H](CO)[C@@H]([C@H](C)O)[C@H]4C(=O)N[C@H]4C[C@H]5C[C@@H]([C@@H]4C)C5(C)C)C3OC)CC(N(C)C)C2)C(=O)N(C)C)CC1. The topological polar surface area (TPSA) is 153 Å². The van der Waals surface area contributed by atoms with Crippen LogP contribution in [-0.2, 0) is 28.7 Å². The van der Waals surface area contributed by atoms with Gasteiger partial charge < -0.3 is 40.1 Å². The maximum absolute atomic E-state index is 14.4. The van der Waals surface area contributed by atoms with E-state index in [-0.39, 0.29) is 72.3 Å². The summed E-state index contributed by atoms with van der Waals surface area (Å²) >= 11 is 0. The van der Waals surface area contributed by atoms with Gasteiger partial charge in [0.2, 0.25) is 17.7 Å². The molecule has 7 aliphatic rings. The van der Waals surface area contributed by atoms with Gasteiger partial charge in [0, 0.05) is 64.7 Å². The minimum atomic E-state index is -0.854. The monoisotopic (exact) mass is 832 g/mol. The number of ether oxygens (including phenoxy) is 2. The molecule has 1 saturated heterocycles. The molecule has 3 amide bonds. The van der Waals surface area contributed by atoms with E-state index in [0.717, 1.165) is 70.6 Å². The van der Waals surface area contributed by atoms with Crippen LogP contribution in [0.1, 0.15) is 111 Å². The molecule has 1 heterocycles. The number of carbonyl (C=O) groups is 3. The Kier molecular flexibility index (Phi) is 15.5. The first-order valence-electron chi connectivity index (χ1n) is 23.2. The highest BCUT2D eigenvalue weighted by atomic mass is 16.7. The summed E-state index contributed by atoms with van der Waals surface area (Å²) in [5.74, 6) is 1.35. The largest absolute Gasteiger partial charge is 0.394 e. The van der Waals surface area contributed by atoms with Gasteiger partial charge in [-0.3, -0.25) is 19.2 Å². The lowest BCUT2D eigenvalue weighted by Gasteiger charge is -2.62. The van der Waals surface area contributed by atoms with Gasteiger partial charge in [0.05, 0.1) is 24.9 Å². The molecule has 0 aromatic heterocycles. The van der Waals surface area contributed by atoms with Gasteiger partial charge in [0.15, 0.2) is 0 Å². The van der Waals surface area contributed by atoms with E-state index >= 15 is 0 Å². The third kappa shape index (κ3) is 10.0. The zero-order valence-corrected chi connectivity index (χ0v) is 38.1. The van der Waals surface area contributed by atoms with E-state index in [0.29, 0.717) is 42.1 Å². The molecule has 13 heteroatoms. The lowest BCUT2D eigenvalue weighted by Crippen LogP contribution is -2.62. The minimum Gasteiger partial charge on any atom is -0.394 e. The molecular formula is C46H81N5O8. The van der Waals surface area contributed by atoms with Crippen LogP contribution in [0.25, 0.3) is 0 Å². The first-order valence-corrected chi connectivity index (χ1v) is 23.2. The second-order valence-electron chi connectivity index (χ2n) is 21.0. The number of nitrogens with one attached hydrogen (secondary N) is 2. The van der Waals surface area contributed by atoms with Gasteiger partial charge in [-0.15, -0.1) is 0 Å². The van der Waals surface area contributed by atoms with E-state index in [9.17, 15) is 24.6 Å². The van der Waals surface area contributed by atoms with Crippen molar-refractivity contribution in [2.75, 3.05) is 55.6 Å². The number of hydroxylamine groups is 2. The number of likely N-dealkylation sites (N-methyl/N-ethyl adjacent to an activating group) is 1. The van der Waals surface area contributed by atoms with Gasteiger partial charge in [-0.1, -0.05) is 27.2 Å². The summed E-state index contributed by atoms with van der Waals surface area (Å²) in [5.41, 5.74) is 0.298. The second kappa shape index (κ2) is 19.7. The number of fused-ring (bicyclic) bond motifs is 2. The normalized spacial score (nSPS) is 40.8. The Morgan fingerprint density at radius 2 is 1.64 bits per heavy atom. The first kappa shape index (κ1) is 46.6. The van der Waals surface area contributed by atoms with Crippen molar-refractivity contribution in [1.29, 1.82) is 0 Å². The van der Waals surface area contributed by atoms with Gasteiger partial charge in [0.25, 0.3) is 0 Å². The van der Waals surface area contributed by atoms with Crippen LogP contribution in [0.3, 0.4) is 0 Å². The maximum Gasteiger partial charge on any atom is 0.244 e. The highest BCUT2D eigenvalue weighted by molar-refractivity contribution is 5.88. The van der Waals surface area contributed by atoms with Crippen LogP contribution in [-0.4, -0.2) is 147 Å². The molecule has 6 saturated carbocycles. The van der Waals surface area contributed by atoms with Crippen LogP contribution < -0.4 is 10.6 Å². The summed E-state index contributed by atoms with van der Waals surface area (Å²) in [6, 6.07) is -1.01. The minimum absolute atomic E-state index is 0.0275. The molecule has 6 aliphatic carbocycles. The lowest BCUT2D eigenvalue weighted by molar-refractivity contribution is -0.193. The predicted molar refractivity (Wildman–Crippen MR) is 227 cm³/mol. The summed E-state index contributed by atoms with van der Waals surface area (Å²) in [7, 11) is 11.3. The molecule has 59 heavy (non-hydrogen) atoms. The second-order valence-corrected chi connectivity index (χ2v) is 21.0. The van der Waals surface area contributed by atoms with Gasteiger partial charge in [0.1, 0.15) is 18.2 Å². The fraction of sp³-hybridized carbons (Fsp3) is 0.935. The van der Waals surface area contributed by atoms with E-state index in [2.05, 4.69) is 50.4 Å². The van der Waals surface area contributed by atoms with Crippen molar-refractivity contribution in [2.24, 2.45) is 58.7 Å². The zero-order valence-electron chi connectivity index (χ0n) is 38.1. The molecule has 1 aliphatic heterocycles. The number of hydrogen-bond acceptors (Lipinski definition) is 10. The Morgan fingerprint density at radius 3 is 2.22 bits per heavy atom. The van der Waals surface area contributed by atoms with Crippen molar-refractivity contribution in [2.45, 2.75) is 160 Å². The highest BCUT2D eigenvalue weighted by Crippen LogP contribution is 2.61. The molecule has 0 spiro atoms. The van der Waals surface area contributed by atoms with Crippen molar-refractivity contribution < 1.29 is 38.9 Å². The third-order valence-electron chi connectivity index (χ3n) is 16.9. The third-order valence-corrected chi connectivity index (χ3v) is 16.9. The smallest absolute Gasteiger partial charge is 0.244 e. The van der Waals surface area contributed by atoms with E-state index in [1.54, 1.807) is 45.2 Å². The Morgan fingerprint density at radius 1 is 0.932 bits per heavy atom.